The monoisotopic (exact) mass is 277 g/mol. The molecule has 5 heteroatoms. The Morgan fingerprint density at radius 3 is 2.95 bits per heavy atom. The largest absolute Gasteiger partial charge is 0.497 e. The van der Waals surface area contributed by atoms with Crippen LogP contribution in [0.4, 0.5) is 0 Å². The van der Waals surface area contributed by atoms with E-state index >= 15 is 0 Å². The van der Waals surface area contributed by atoms with Gasteiger partial charge in [0, 0.05) is 0 Å². The maximum atomic E-state index is 11.2. The summed E-state index contributed by atoms with van der Waals surface area (Å²) in [6.45, 7) is 2.27. The number of carbonyl (C=O) groups is 1. The summed E-state index contributed by atoms with van der Waals surface area (Å²) in [5.74, 6) is 0.236. The Morgan fingerprint density at radius 1 is 1.50 bits per heavy atom. The number of benzene rings is 1. The maximum absolute atomic E-state index is 11.2. The molecule has 0 aromatic heterocycles. The van der Waals surface area contributed by atoms with Gasteiger partial charge in [0.1, 0.15) is 5.75 Å². The van der Waals surface area contributed by atoms with E-state index in [9.17, 15) is 9.90 Å². The van der Waals surface area contributed by atoms with Crippen LogP contribution in [0.3, 0.4) is 0 Å². The van der Waals surface area contributed by atoms with Crippen LogP contribution in [-0.4, -0.2) is 24.8 Å². The Labute approximate surface area is 118 Å². The van der Waals surface area contributed by atoms with E-state index in [-0.39, 0.29) is 6.04 Å². The molecule has 1 aliphatic rings. The minimum Gasteiger partial charge on any atom is -0.497 e. The number of ether oxygens (including phenoxy) is 2. The smallest absolute Gasteiger partial charge is 0.336 e. The summed E-state index contributed by atoms with van der Waals surface area (Å²) in [5.41, 5.74) is 1.37. The average molecular weight is 277 g/mol. The molecule has 1 aromatic rings. The van der Waals surface area contributed by atoms with E-state index in [0.717, 1.165) is 11.3 Å². The van der Waals surface area contributed by atoms with Gasteiger partial charge in [-0.2, -0.15) is 0 Å². The van der Waals surface area contributed by atoms with E-state index in [4.69, 9.17) is 9.47 Å². The molecule has 1 unspecified atom stereocenters. The SMILES string of the molecule is CCOC1=C(C(=O)O)CCC(c2cccc(OC)c2)N1. The highest BCUT2D eigenvalue weighted by molar-refractivity contribution is 5.87. The lowest BCUT2D eigenvalue weighted by Crippen LogP contribution is -2.30. The Balaban J connectivity index is 2.22. The first-order valence-corrected chi connectivity index (χ1v) is 6.65. The minimum atomic E-state index is -0.926. The third kappa shape index (κ3) is 3.04. The Morgan fingerprint density at radius 2 is 2.30 bits per heavy atom. The van der Waals surface area contributed by atoms with Crippen molar-refractivity contribution in [3.8, 4) is 5.75 Å². The zero-order valence-corrected chi connectivity index (χ0v) is 11.7. The first-order chi connectivity index (χ1) is 9.65. The molecular weight excluding hydrogens is 258 g/mol. The molecule has 2 N–H and O–H groups in total. The summed E-state index contributed by atoms with van der Waals surface area (Å²) < 4.78 is 10.6. The van der Waals surface area contributed by atoms with Crippen molar-refractivity contribution in [2.75, 3.05) is 13.7 Å². The van der Waals surface area contributed by atoms with Gasteiger partial charge in [0.15, 0.2) is 5.88 Å². The summed E-state index contributed by atoms with van der Waals surface area (Å²) in [6, 6.07) is 7.79. The van der Waals surface area contributed by atoms with Gasteiger partial charge in [0.2, 0.25) is 0 Å². The van der Waals surface area contributed by atoms with E-state index < -0.39 is 5.97 Å². The zero-order chi connectivity index (χ0) is 14.5. The van der Waals surface area contributed by atoms with Gasteiger partial charge in [-0.25, -0.2) is 4.79 Å². The number of aliphatic carboxylic acids is 1. The maximum Gasteiger partial charge on any atom is 0.336 e. The first-order valence-electron chi connectivity index (χ1n) is 6.65. The van der Waals surface area contributed by atoms with E-state index in [1.54, 1.807) is 7.11 Å². The van der Waals surface area contributed by atoms with Crippen molar-refractivity contribution in [1.82, 2.24) is 5.32 Å². The van der Waals surface area contributed by atoms with Gasteiger partial charge in [-0.3, -0.25) is 0 Å². The van der Waals surface area contributed by atoms with Crippen molar-refractivity contribution in [3.63, 3.8) is 0 Å². The number of rotatable bonds is 5. The van der Waals surface area contributed by atoms with Crippen molar-refractivity contribution in [2.24, 2.45) is 0 Å². The molecule has 2 rings (SSSR count). The van der Waals surface area contributed by atoms with Crippen LogP contribution < -0.4 is 10.1 Å². The Kier molecular flexibility index (Phi) is 4.50. The lowest BCUT2D eigenvalue weighted by Gasteiger charge is -2.28. The summed E-state index contributed by atoms with van der Waals surface area (Å²) in [5, 5.41) is 12.4. The molecule has 5 nitrogen and oxygen atoms in total. The van der Waals surface area contributed by atoms with Crippen LogP contribution in [-0.2, 0) is 9.53 Å². The second-order valence-electron chi connectivity index (χ2n) is 4.56. The quantitative estimate of drug-likeness (QED) is 0.865. The van der Waals surface area contributed by atoms with Crippen molar-refractivity contribution in [2.45, 2.75) is 25.8 Å². The van der Waals surface area contributed by atoms with Crippen molar-refractivity contribution < 1.29 is 19.4 Å². The average Bonchev–Trinajstić information content (AvgIpc) is 2.47. The lowest BCUT2D eigenvalue weighted by atomic mass is 9.95. The van der Waals surface area contributed by atoms with Crippen molar-refractivity contribution in [1.29, 1.82) is 0 Å². The zero-order valence-electron chi connectivity index (χ0n) is 11.7. The summed E-state index contributed by atoms with van der Waals surface area (Å²) in [4.78, 5) is 11.2. The number of carboxylic acids is 1. The molecule has 0 fully saturated rings. The number of carboxylic acid groups (broad SMARTS) is 1. The second kappa shape index (κ2) is 6.32. The minimum absolute atomic E-state index is 0.0368. The van der Waals surface area contributed by atoms with E-state index in [2.05, 4.69) is 5.32 Å². The third-order valence-electron chi connectivity index (χ3n) is 3.31. The summed E-state index contributed by atoms with van der Waals surface area (Å²) in [6.07, 6.45) is 1.20. The number of hydrogen-bond acceptors (Lipinski definition) is 4. The number of hydrogen-bond donors (Lipinski definition) is 2. The fourth-order valence-electron chi connectivity index (χ4n) is 2.31. The van der Waals surface area contributed by atoms with Gasteiger partial charge in [-0.05, 0) is 37.5 Å². The molecule has 20 heavy (non-hydrogen) atoms. The molecule has 108 valence electrons. The van der Waals surface area contributed by atoms with Crippen LogP contribution in [0.15, 0.2) is 35.7 Å². The molecular formula is C15H19NO4. The molecule has 0 bridgehead atoms. The topological polar surface area (TPSA) is 67.8 Å². The highest BCUT2D eigenvalue weighted by Gasteiger charge is 2.26. The molecule has 0 saturated heterocycles. The highest BCUT2D eigenvalue weighted by Crippen LogP contribution is 2.30. The molecule has 0 spiro atoms. The lowest BCUT2D eigenvalue weighted by molar-refractivity contribution is -0.133. The fourth-order valence-corrected chi connectivity index (χ4v) is 2.31. The predicted octanol–water partition coefficient (Wildman–Crippen LogP) is 2.45. The molecule has 1 atom stereocenters. The van der Waals surface area contributed by atoms with Crippen LogP contribution in [0.2, 0.25) is 0 Å². The molecule has 0 amide bonds. The van der Waals surface area contributed by atoms with Crippen LogP contribution in [0.1, 0.15) is 31.4 Å². The third-order valence-corrected chi connectivity index (χ3v) is 3.31. The van der Waals surface area contributed by atoms with Crippen LogP contribution >= 0.6 is 0 Å². The van der Waals surface area contributed by atoms with E-state index in [0.29, 0.717) is 30.9 Å². The number of nitrogens with one attached hydrogen (secondary N) is 1. The van der Waals surface area contributed by atoms with Gasteiger partial charge in [-0.1, -0.05) is 12.1 Å². The first kappa shape index (κ1) is 14.2. The highest BCUT2D eigenvalue weighted by atomic mass is 16.5. The van der Waals surface area contributed by atoms with Gasteiger partial charge in [0.25, 0.3) is 0 Å². The van der Waals surface area contributed by atoms with Gasteiger partial charge in [0.05, 0.1) is 25.3 Å². The van der Waals surface area contributed by atoms with E-state index in [1.807, 2.05) is 31.2 Å². The predicted molar refractivity (Wildman–Crippen MR) is 74.4 cm³/mol. The Bertz CT molecular complexity index is 524. The molecule has 1 heterocycles. The van der Waals surface area contributed by atoms with Crippen LogP contribution in [0.5, 0.6) is 5.75 Å². The van der Waals surface area contributed by atoms with Crippen molar-refractivity contribution in [3.05, 3.63) is 41.3 Å². The normalized spacial score (nSPS) is 18.4. The molecule has 0 aliphatic carbocycles. The molecule has 1 aliphatic heterocycles. The molecule has 1 aromatic carbocycles. The summed E-state index contributed by atoms with van der Waals surface area (Å²) >= 11 is 0. The number of methoxy groups -OCH3 is 1. The second-order valence-corrected chi connectivity index (χ2v) is 4.56. The fraction of sp³-hybridized carbons (Fsp3) is 0.400. The van der Waals surface area contributed by atoms with Crippen molar-refractivity contribution >= 4 is 5.97 Å². The summed E-state index contributed by atoms with van der Waals surface area (Å²) in [7, 11) is 1.63. The molecule has 0 saturated carbocycles. The van der Waals surface area contributed by atoms with Gasteiger partial charge < -0.3 is 19.9 Å². The van der Waals surface area contributed by atoms with Crippen LogP contribution in [0.25, 0.3) is 0 Å². The van der Waals surface area contributed by atoms with Gasteiger partial charge >= 0.3 is 5.97 Å². The standard InChI is InChI=1S/C15H19NO4/c1-3-20-14-12(15(17)18)7-8-13(16-14)10-5-4-6-11(9-10)19-2/h4-6,9,13,16H,3,7-8H2,1-2H3,(H,17,18). The van der Waals surface area contributed by atoms with E-state index in [1.165, 1.54) is 0 Å². The molecule has 0 radical (unpaired) electrons. The Hall–Kier alpha value is -2.17. The van der Waals surface area contributed by atoms with Gasteiger partial charge in [-0.15, -0.1) is 0 Å². The van der Waals surface area contributed by atoms with Crippen LogP contribution in [0, 0.1) is 0 Å².